The van der Waals surface area contributed by atoms with Gasteiger partial charge in [0.2, 0.25) is 5.88 Å². The largest absolute Gasteiger partial charge is 0.439 e. The van der Waals surface area contributed by atoms with Gasteiger partial charge in [-0.1, -0.05) is 30.3 Å². The quantitative estimate of drug-likeness (QED) is 0.587. The molecule has 2 aliphatic heterocycles. The second-order valence-electron chi connectivity index (χ2n) is 8.36. The highest BCUT2D eigenvalue weighted by atomic mass is 16.5. The molecule has 1 amide bonds. The minimum absolute atomic E-state index is 0.0320. The molecule has 1 aromatic heterocycles. The Morgan fingerprint density at radius 2 is 1.84 bits per heavy atom. The van der Waals surface area contributed by atoms with Crippen molar-refractivity contribution in [3.05, 3.63) is 89.8 Å². The predicted octanol–water partition coefficient (Wildman–Crippen LogP) is 5.50. The minimum Gasteiger partial charge on any atom is -0.439 e. The van der Waals surface area contributed by atoms with Gasteiger partial charge in [0.25, 0.3) is 5.91 Å². The van der Waals surface area contributed by atoms with Gasteiger partial charge in [-0.05, 0) is 78.4 Å². The fourth-order valence-electron chi connectivity index (χ4n) is 4.67. The molecule has 0 saturated carbocycles. The Labute approximate surface area is 188 Å². The van der Waals surface area contributed by atoms with Crippen molar-refractivity contribution < 1.29 is 9.53 Å². The smallest absolute Gasteiger partial charge is 0.251 e. The van der Waals surface area contributed by atoms with E-state index in [9.17, 15) is 4.79 Å². The number of rotatable bonds is 5. The predicted molar refractivity (Wildman–Crippen MR) is 126 cm³/mol. The molecular formula is C27H27N3O2. The van der Waals surface area contributed by atoms with Crippen LogP contribution in [0.1, 0.15) is 47.2 Å². The normalized spacial score (nSPS) is 16.3. The number of hydrogen-bond acceptors (Lipinski definition) is 4. The molecule has 3 aromatic rings. The van der Waals surface area contributed by atoms with E-state index in [-0.39, 0.29) is 5.91 Å². The van der Waals surface area contributed by atoms with Gasteiger partial charge in [-0.25, -0.2) is 4.98 Å². The van der Waals surface area contributed by atoms with Crippen molar-refractivity contribution >= 4 is 5.91 Å². The molecule has 0 radical (unpaired) electrons. The lowest BCUT2D eigenvalue weighted by Crippen LogP contribution is -2.28. The first-order valence-electron chi connectivity index (χ1n) is 11.2. The number of amides is 1. The van der Waals surface area contributed by atoms with Crippen LogP contribution in [0.25, 0.3) is 11.1 Å². The molecule has 5 nitrogen and oxygen atoms in total. The Balaban J connectivity index is 1.43. The SMILES string of the molecule is CC=CN1CCC(c2cc3c(c(-c4ccc(Oc5ccccn5)cc4)c2)CNC3=O)CC1. The van der Waals surface area contributed by atoms with E-state index in [2.05, 4.69) is 58.7 Å². The van der Waals surface area contributed by atoms with E-state index in [0.717, 1.165) is 53.9 Å². The van der Waals surface area contributed by atoms with E-state index < -0.39 is 0 Å². The van der Waals surface area contributed by atoms with Crippen LogP contribution in [0.2, 0.25) is 0 Å². The van der Waals surface area contributed by atoms with E-state index in [4.69, 9.17) is 4.74 Å². The molecule has 5 heteroatoms. The van der Waals surface area contributed by atoms with Gasteiger partial charge in [0.05, 0.1) is 0 Å². The number of benzene rings is 2. The van der Waals surface area contributed by atoms with Crippen molar-refractivity contribution in [3.63, 3.8) is 0 Å². The number of hydrogen-bond donors (Lipinski definition) is 1. The average molecular weight is 426 g/mol. The van der Waals surface area contributed by atoms with Crippen LogP contribution in [0, 0.1) is 0 Å². The first kappa shape index (κ1) is 20.3. The van der Waals surface area contributed by atoms with E-state index in [1.54, 1.807) is 6.20 Å². The number of nitrogens with one attached hydrogen (secondary N) is 1. The minimum atomic E-state index is 0.0320. The zero-order chi connectivity index (χ0) is 21.9. The zero-order valence-electron chi connectivity index (χ0n) is 18.3. The third-order valence-electron chi connectivity index (χ3n) is 6.33. The van der Waals surface area contributed by atoms with Crippen LogP contribution >= 0.6 is 0 Å². The maximum atomic E-state index is 12.5. The summed E-state index contributed by atoms with van der Waals surface area (Å²) in [6, 6.07) is 18.1. The van der Waals surface area contributed by atoms with Crippen LogP contribution in [0.3, 0.4) is 0 Å². The summed E-state index contributed by atoms with van der Waals surface area (Å²) in [5.41, 5.74) is 5.41. The molecule has 162 valence electrons. The fourth-order valence-corrected chi connectivity index (χ4v) is 4.67. The van der Waals surface area contributed by atoms with E-state index in [0.29, 0.717) is 18.3 Å². The summed E-state index contributed by atoms with van der Waals surface area (Å²) < 4.78 is 5.84. The van der Waals surface area contributed by atoms with E-state index in [1.807, 2.05) is 30.3 Å². The first-order valence-corrected chi connectivity index (χ1v) is 11.2. The molecule has 32 heavy (non-hydrogen) atoms. The molecule has 2 aromatic carbocycles. The Kier molecular flexibility index (Phi) is 5.63. The van der Waals surface area contributed by atoms with Crippen LogP contribution in [0.5, 0.6) is 11.6 Å². The van der Waals surface area contributed by atoms with Crippen molar-refractivity contribution in [2.75, 3.05) is 13.1 Å². The monoisotopic (exact) mass is 425 g/mol. The summed E-state index contributed by atoms with van der Waals surface area (Å²) in [7, 11) is 0. The summed E-state index contributed by atoms with van der Waals surface area (Å²) in [5.74, 6) is 1.82. The van der Waals surface area contributed by atoms with E-state index in [1.165, 1.54) is 5.56 Å². The maximum Gasteiger partial charge on any atom is 0.251 e. The van der Waals surface area contributed by atoms with Crippen LogP contribution < -0.4 is 10.1 Å². The van der Waals surface area contributed by atoms with Crippen molar-refractivity contribution in [3.8, 4) is 22.8 Å². The third kappa shape index (κ3) is 4.11. The van der Waals surface area contributed by atoms with Gasteiger partial charge >= 0.3 is 0 Å². The summed E-state index contributed by atoms with van der Waals surface area (Å²) >= 11 is 0. The number of aromatic nitrogens is 1. The standard InChI is InChI=1S/C27H27N3O2/c1-2-13-30-14-10-19(11-15-30)21-16-23(25-18-29-27(31)24(25)17-21)20-6-8-22(9-7-20)32-26-5-3-4-12-28-26/h2-9,12-13,16-17,19H,10-11,14-15,18H2,1H3,(H,29,31). The van der Waals surface area contributed by atoms with Crippen LogP contribution in [0.15, 0.2) is 73.1 Å². The number of pyridine rings is 1. The Bertz CT molecular complexity index is 1130. The highest BCUT2D eigenvalue weighted by Gasteiger charge is 2.27. The van der Waals surface area contributed by atoms with Crippen molar-refractivity contribution in [1.82, 2.24) is 15.2 Å². The Hall–Kier alpha value is -3.60. The second-order valence-corrected chi connectivity index (χ2v) is 8.36. The van der Waals surface area contributed by atoms with Gasteiger partial charge in [0.15, 0.2) is 0 Å². The van der Waals surface area contributed by atoms with E-state index >= 15 is 0 Å². The Morgan fingerprint density at radius 3 is 2.56 bits per heavy atom. The molecule has 1 saturated heterocycles. The number of nitrogens with zero attached hydrogens (tertiary/aromatic N) is 2. The average Bonchev–Trinajstić information content (AvgIpc) is 3.21. The molecule has 5 rings (SSSR count). The number of fused-ring (bicyclic) bond motifs is 1. The fraction of sp³-hybridized carbons (Fsp3) is 0.259. The molecule has 0 spiro atoms. The second kappa shape index (κ2) is 8.87. The summed E-state index contributed by atoms with van der Waals surface area (Å²) in [5, 5.41) is 3.00. The van der Waals surface area contributed by atoms with Crippen molar-refractivity contribution in [1.29, 1.82) is 0 Å². The summed E-state index contributed by atoms with van der Waals surface area (Å²) in [6.45, 7) is 4.74. The molecule has 0 aliphatic carbocycles. The topological polar surface area (TPSA) is 54.5 Å². The van der Waals surface area contributed by atoms with Crippen molar-refractivity contribution in [2.45, 2.75) is 32.2 Å². The summed E-state index contributed by atoms with van der Waals surface area (Å²) in [4.78, 5) is 19.1. The number of piperidine rings is 1. The van der Waals surface area contributed by atoms with Gasteiger partial charge in [0.1, 0.15) is 5.75 Å². The van der Waals surface area contributed by atoms with Crippen LogP contribution in [-0.2, 0) is 6.54 Å². The van der Waals surface area contributed by atoms with Crippen LogP contribution in [0.4, 0.5) is 0 Å². The highest BCUT2D eigenvalue weighted by molar-refractivity contribution is 6.00. The molecule has 1 fully saturated rings. The molecule has 0 unspecified atom stereocenters. The number of carbonyl (C=O) groups excluding carboxylic acids is 1. The Morgan fingerprint density at radius 1 is 1.06 bits per heavy atom. The molecule has 3 heterocycles. The highest BCUT2D eigenvalue weighted by Crippen LogP contribution is 2.37. The third-order valence-corrected chi connectivity index (χ3v) is 6.33. The number of carbonyl (C=O) groups is 1. The lowest BCUT2D eigenvalue weighted by atomic mass is 9.85. The molecule has 1 N–H and O–H groups in total. The molecule has 0 atom stereocenters. The van der Waals surface area contributed by atoms with Gasteiger partial charge in [-0.2, -0.15) is 0 Å². The number of likely N-dealkylation sites (tertiary alicyclic amines) is 1. The lowest BCUT2D eigenvalue weighted by Gasteiger charge is -2.31. The maximum absolute atomic E-state index is 12.5. The van der Waals surface area contributed by atoms with Crippen molar-refractivity contribution in [2.24, 2.45) is 0 Å². The van der Waals surface area contributed by atoms with Gasteiger partial charge in [0, 0.05) is 37.5 Å². The van der Waals surface area contributed by atoms with Crippen LogP contribution in [-0.4, -0.2) is 28.9 Å². The molecular weight excluding hydrogens is 398 g/mol. The lowest BCUT2D eigenvalue weighted by molar-refractivity contribution is 0.0965. The zero-order valence-corrected chi connectivity index (χ0v) is 18.3. The van der Waals surface area contributed by atoms with Gasteiger partial charge < -0.3 is 15.0 Å². The first-order chi connectivity index (χ1) is 15.7. The van der Waals surface area contributed by atoms with Gasteiger partial charge in [-0.3, -0.25) is 4.79 Å². The van der Waals surface area contributed by atoms with Gasteiger partial charge in [-0.15, -0.1) is 0 Å². The summed E-state index contributed by atoms with van der Waals surface area (Å²) in [6.07, 6.45) is 8.18. The number of allylic oxidation sites excluding steroid dienone is 1. The molecule has 2 aliphatic rings. The molecule has 0 bridgehead atoms. The number of ether oxygens (including phenoxy) is 1.